The van der Waals surface area contributed by atoms with Crippen LogP contribution < -0.4 is 9.80 Å². The lowest BCUT2D eigenvalue weighted by Gasteiger charge is -2.17. The van der Waals surface area contributed by atoms with E-state index in [1.807, 2.05) is 71.0 Å². The summed E-state index contributed by atoms with van der Waals surface area (Å²) in [7, 11) is 0. The fourth-order valence-corrected chi connectivity index (χ4v) is 6.09. The summed E-state index contributed by atoms with van der Waals surface area (Å²) >= 11 is 1.12. The van der Waals surface area contributed by atoms with Crippen molar-refractivity contribution in [2.24, 2.45) is 4.99 Å². The Morgan fingerprint density at radius 1 is 0.868 bits per heavy atom. The molecule has 0 unspecified atom stereocenters. The summed E-state index contributed by atoms with van der Waals surface area (Å²) in [4.78, 5) is 46.8. The number of nitro groups is 1. The number of aryl methyl sites for hydroxylation is 4. The number of hydrogen-bond acceptors (Lipinski definition) is 6. The Balaban J connectivity index is 1.74. The molecular formula is C29H26N4O4S. The zero-order valence-electron chi connectivity index (χ0n) is 21.7. The second-order valence-corrected chi connectivity index (χ2v) is 10.5. The van der Waals surface area contributed by atoms with E-state index < -0.39 is 4.92 Å². The minimum absolute atomic E-state index is 0.140. The van der Waals surface area contributed by atoms with Gasteiger partial charge in [0.2, 0.25) is 0 Å². The SMILES string of the molecule is CCN1C(=O)/C(=C2\SC(=Nc3cc(C)cc(C)c3)N(c3cc(C)cc(C)c3)C2=O)c2cc([N+](=O)[O-])ccc21. The highest BCUT2D eigenvalue weighted by Gasteiger charge is 2.43. The average Bonchev–Trinajstić information content (AvgIpc) is 3.29. The first-order valence-electron chi connectivity index (χ1n) is 12.2. The van der Waals surface area contributed by atoms with Crippen LogP contribution in [0.2, 0.25) is 0 Å². The van der Waals surface area contributed by atoms with E-state index in [4.69, 9.17) is 4.99 Å². The minimum Gasteiger partial charge on any atom is -0.308 e. The number of hydrogen-bond donors (Lipinski definition) is 0. The van der Waals surface area contributed by atoms with E-state index in [0.29, 0.717) is 34.3 Å². The van der Waals surface area contributed by atoms with Crippen LogP contribution in [0.4, 0.5) is 22.7 Å². The number of non-ortho nitro benzene ring substituents is 1. The number of amides is 2. The van der Waals surface area contributed by atoms with Crippen LogP contribution in [0.3, 0.4) is 0 Å². The molecule has 2 aliphatic heterocycles. The highest BCUT2D eigenvalue weighted by molar-refractivity contribution is 8.19. The number of nitrogens with zero attached hydrogens (tertiary/aromatic N) is 4. The molecular weight excluding hydrogens is 500 g/mol. The van der Waals surface area contributed by atoms with Crippen molar-refractivity contribution in [3.05, 3.63) is 97.4 Å². The minimum atomic E-state index is -0.500. The Morgan fingerprint density at radius 3 is 2.05 bits per heavy atom. The van der Waals surface area contributed by atoms with E-state index in [1.165, 1.54) is 21.9 Å². The van der Waals surface area contributed by atoms with Crippen LogP contribution >= 0.6 is 11.8 Å². The number of nitro benzene ring substituents is 1. The summed E-state index contributed by atoms with van der Waals surface area (Å²) in [5, 5.41) is 11.9. The van der Waals surface area contributed by atoms with Crippen molar-refractivity contribution >= 4 is 57.1 Å². The number of fused-ring (bicyclic) bond motifs is 1. The molecule has 0 spiro atoms. The van der Waals surface area contributed by atoms with E-state index in [0.717, 1.165) is 34.0 Å². The molecule has 9 heteroatoms. The topological polar surface area (TPSA) is 96.1 Å². The molecule has 3 aromatic rings. The molecule has 5 rings (SSSR count). The van der Waals surface area contributed by atoms with E-state index in [1.54, 1.807) is 6.07 Å². The zero-order chi connectivity index (χ0) is 27.3. The van der Waals surface area contributed by atoms with Crippen LogP contribution in [0.1, 0.15) is 34.7 Å². The molecule has 0 aliphatic carbocycles. The molecule has 2 amide bonds. The fourth-order valence-electron chi connectivity index (χ4n) is 5.00. The van der Waals surface area contributed by atoms with E-state index in [9.17, 15) is 19.7 Å². The van der Waals surface area contributed by atoms with E-state index >= 15 is 0 Å². The Bertz CT molecular complexity index is 1570. The lowest BCUT2D eigenvalue weighted by Crippen LogP contribution is -2.30. The predicted molar refractivity (Wildman–Crippen MR) is 152 cm³/mol. The first kappa shape index (κ1) is 25.4. The van der Waals surface area contributed by atoms with Crippen LogP contribution in [0, 0.1) is 37.8 Å². The van der Waals surface area contributed by atoms with Crippen molar-refractivity contribution in [3.8, 4) is 0 Å². The summed E-state index contributed by atoms with van der Waals surface area (Å²) in [6, 6.07) is 16.1. The van der Waals surface area contributed by atoms with Gasteiger partial charge in [-0.15, -0.1) is 0 Å². The number of carbonyl (C=O) groups is 2. The molecule has 0 radical (unpaired) electrons. The third kappa shape index (κ3) is 4.39. The van der Waals surface area contributed by atoms with Crippen LogP contribution in [0.15, 0.2) is 64.5 Å². The van der Waals surface area contributed by atoms with Gasteiger partial charge in [-0.1, -0.05) is 12.1 Å². The monoisotopic (exact) mass is 526 g/mol. The smallest absolute Gasteiger partial charge is 0.272 e. The molecule has 1 fully saturated rings. The number of anilines is 2. The molecule has 0 atom stereocenters. The second-order valence-electron chi connectivity index (χ2n) is 9.54. The first-order valence-corrected chi connectivity index (χ1v) is 13.0. The largest absolute Gasteiger partial charge is 0.308 e. The highest BCUT2D eigenvalue weighted by atomic mass is 32.2. The zero-order valence-corrected chi connectivity index (χ0v) is 22.5. The van der Waals surface area contributed by atoms with Crippen molar-refractivity contribution < 1.29 is 14.5 Å². The summed E-state index contributed by atoms with van der Waals surface area (Å²) in [6.45, 7) is 10.1. The summed E-state index contributed by atoms with van der Waals surface area (Å²) in [6.07, 6.45) is 0. The molecule has 38 heavy (non-hydrogen) atoms. The normalized spacial score (nSPS) is 18.1. The van der Waals surface area contributed by atoms with Crippen LogP contribution in [-0.4, -0.2) is 28.5 Å². The van der Waals surface area contributed by atoms with Crippen molar-refractivity contribution in [1.29, 1.82) is 0 Å². The molecule has 0 bridgehead atoms. The van der Waals surface area contributed by atoms with Crippen LogP contribution in [0.5, 0.6) is 0 Å². The van der Waals surface area contributed by atoms with Crippen molar-refractivity contribution in [2.45, 2.75) is 34.6 Å². The van der Waals surface area contributed by atoms with Gasteiger partial charge >= 0.3 is 0 Å². The van der Waals surface area contributed by atoms with Gasteiger partial charge < -0.3 is 4.90 Å². The molecule has 3 aromatic carbocycles. The van der Waals surface area contributed by atoms with E-state index in [2.05, 4.69) is 0 Å². The number of benzene rings is 3. The quantitative estimate of drug-likeness (QED) is 0.223. The van der Waals surface area contributed by atoms with Gasteiger partial charge in [-0.25, -0.2) is 4.99 Å². The molecule has 1 saturated heterocycles. The Kier molecular flexibility index (Phi) is 6.40. The Morgan fingerprint density at radius 2 is 1.47 bits per heavy atom. The number of thioether (sulfide) groups is 1. The predicted octanol–water partition coefficient (Wildman–Crippen LogP) is 6.37. The summed E-state index contributed by atoms with van der Waals surface area (Å²) in [5.74, 6) is -0.742. The lowest BCUT2D eigenvalue weighted by molar-refractivity contribution is -0.384. The molecule has 2 heterocycles. The first-order chi connectivity index (χ1) is 18.1. The number of carbonyl (C=O) groups excluding carboxylic acids is 2. The average molecular weight is 527 g/mol. The number of likely N-dealkylation sites (N-methyl/N-ethyl adjacent to an activating group) is 1. The van der Waals surface area contributed by atoms with Crippen molar-refractivity contribution in [1.82, 2.24) is 0 Å². The van der Waals surface area contributed by atoms with E-state index in [-0.39, 0.29) is 28.0 Å². The van der Waals surface area contributed by atoms with Gasteiger partial charge in [-0.05, 0) is 99.0 Å². The summed E-state index contributed by atoms with van der Waals surface area (Å²) in [5.41, 5.74) is 6.37. The number of rotatable bonds is 4. The molecule has 0 N–H and O–H groups in total. The van der Waals surface area contributed by atoms with Crippen LogP contribution in [-0.2, 0) is 9.59 Å². The van der Waals surface area contributed by atoms with Gasteiger partial charge in [0.1, 0.15) is 0 Å². The maximum atomic E-state index is 14.1. The Labute approximate surface area is 224 Å². The third-order valence-electron chi connectivity index (χ3n) is 6.43. The van der Waals surface area contributed by atoms with Crippen molar-refractivity contribution in [2.75, 3.05) is 16.3 Å². The molecule has 0 aromatic heterocycles. The Hall–Kier alpha value is -4.24. The fraction of sp³-hybridized carbons (Fsp3) is 0.207. The van der Waals surface area contributed by atoms with Gasteiger partial charge in [-0.3, -0.25) is 24.6 Å². The van der Waals surface area contributed by atoms with Gasteiger partial charge in [0, 0.05) is 24.2 Å². The molecule has 8 nitrogen and oxygen atoms in total. The molecule has 192 valence electrons. The standard InChI is InChI=1S/C29H26N4O4S/c1-6-31-24-8-7-21(33(36)37)15-23(24)25(27(31)34)26-28(35)32(22-13-18(4)10-19(5)14-22)29(38-26)30-20-11-16(2)9-17(3)12-20/h7-15H,6H2,1-5H3/b26-25-,30-29?. The number of aliphatic imine (C=N–C) groups is 1. The maximum Gasteiger partial charge on any atom is 0.272 e. The molecule has 2 aliphatic rings. The van der Waals surface area contributed by atoms with Gasteiger partial charge in [0.15, 0.2) is 5.17 Å². The highest BCUT2D eigenvalue weighted by Crippen LogP contribution is 2.47. The molecule has 0 saturated carbocycles. The lowest BCUT2D eigenvalue weighted by atomic mass is 10.1. The van der Waals surface area contributed by atoms with Crippen LogP contribution in [0.25, 0.3) is 5.57 Å². The second kappa shape index (κ2) is 9.57. The van der Waals surface area contributed by atoms with Gasteiger partial charge in [0.25, 0.3) is 17.5 Å². The van der Waals surface area contributed by atoms with Crippen molar-refractivity contribution in [3.63, 3.8) is 0 Å². The maximum absolute atomic E-state index is 14.1. The number of amidine groups is 1. The summed E-state index contributed by atoms with van der Waals surface area (Å²) < 4.78 is 0. The van der Waals surface area contributed by atoms with Gasteiger partial charge in [0.05, 0.1) is 32.5 Å². The third-order valence-corrected chi connectivity index (χ3v) is 7.47. The van der Waals surface area contributed by atoms with Gasteiger partial charge in [-0.2, -0.15) is 0 Å².